The second kappa shape index (κ2) is 32.0. The van der Waals surface area contributed by atoms with Crippen LogP contribution >= 0.6 is 87.1 Å². The van der Waals surface area contributed by atoms with E-state index in [4.69, 9.17) is 0 Å². The van der Waals surface area contributed by atoms with E-state index >= 15 is 0 Å². The van der Waals surface area contributed by atoms with Gasteiger partial charge >= 0.3 is 19.5 Å². The summed E-state index contributed by atoms with van der Waals surface area (Å²) in [7, 11) is 11.3. The van der Waals surface area contributed by atoms with Crippen molar-refractivity contribution in [1.82, 2.24) is 7.42 Å². The summed E-state index contributed by atoms with van der Waals surface area (Å²) in [5.41, 5.74) is 0. The number of nitrogens with zero attached hydrogens (tertiary/aromatic N) is 2. The average molecular weight is 666 g/mol. The molecule has 0 aromatic heterocycles. The molecule has 0 aliphatic rings. The molecule has 0 fully saturated rings. The quantitative estimate of drug-likeness (QED) is 0.0554. The largest absolute Gasteiger partial charge is 2.00 e. The van der Waals surface area contributed by atoms with E-state index < -0.39 is 12.2 Å². The molecule has 0 saturated carbocycles. The minimum absolute atomic E-state index is 0. The zero-order valence-electron chi connectivity index (χ0n) is 20.0. The Bertz CT molecular complexity index is 386. The zero-order valence-corrected chi connectivity index (χ0v) is 29.5. The summed E-state index contributed by atoms with van der Waals surface area (Å²) in [4.78, 5) is 21.5. The van der Waals surface area contributed by atoms with E-state index in [0.717, 1.165) is 74.4 Å². The number of rotatable bonds is 20. The molecule has 0 aromatic carbocycles. The number of amides is 2. The third-order valence-electron chi connectivity index (χ3n) is 3.10. The summed E-state index contributed by atoms with van der Waals surface area (Å²) >= 11 is 0. The Hall–Kier alpha value is 1.96. The molecular weight excluding hydrogens is 630 g/mol. The van der Waals surface area contributed by atoms with Crippen molar-refractivity contribution in [2.45, 2.75) is 79.1 Å². The molecule has 0 aliphatic carbocycles. The van der Waals surface area contributed by atoms with Crippen LogP contribution in [-0.4, -0.2) is 42.6 Å². The number of carbonyl (C=O) groups is 2. The minimum atomic E-state index is -1.12. The van der Waals surface area contributed by atoms with Crippen molar-refractivity contribution in [3.8, 4) is 0 Å². The predicted octanol–water partition coefficient (Wildman–Crippen LogP) is 7.65. The Balaban J connectivity index is -0.000000529. The molecular formula is C18H36N2O4S8Zn. The maximum Gasteiger partial charge on any atom is 2.00 e. The van der Waals surface area contributed by atoms with Crippen molar-refractivity contribution in [1.29, 1.82) is 0 Å². The maximum atomic E-state index is 10.8. The van der Waals surface area contributed by atoms with Gasteiger partial charge in [0.2, 0.25) is 0 Å². The zero-order chi connectivity index (χ0) is 24.5. The van der Waals surface area contributed by atoms with Crippen LogP contribution in [0.5, 0.6) is 0 Å². The fourth-order valence-electron chi connectivity index (χ4n) is 1.30. The standard InChI is InChI=1S/2C9H19NO2S4.Zn/c2*1-3-5-7-13-15-10(9(11)12)16-14-8-6-4-2;/h2*3-8H2,1-2H3,(H,11,12);/q;;+2/p-2. The van der Waals surface area contributed by atoms with Crippen LogP contribution in [0.25, 0.3) is 0 Å². The van der Waals surface area contributed by atoms with Crippen molar-refractivity contribution >= 4 is 99.3 Å². The van der Waals surface area contributed by atoms with Crippen LogP contribution in [0, 0.1) is 0 Å². The van der Waals surface area contributed by atoms with E-state index in [1.54, 1.807) is 43.2 Å². The summed E-state index contributed by atoms with van der Waals surface area (Å²) in [6, 6.07) is 0. The van der Waals surface area contributed by atoms with E-state index in [1.807, 2.05) is 0 Å². The SMILES string of the molecule is CCCCSSN(SSCCCC)C(=O)[O-].CCCCSSN(SSCCCC)C(=O)[O-].[Zn+2]. The van der Waals surface area contributed by atoms with Crippen LogP contribution < -0.4 is 10.2 Å². The first-order valence-corrected chi connectivity index (χ1v) is 19.7. The van der Waals surface area contributed by atoms with Crippen LogP contribution in [0.4, 0.5) is 9.59 Å². The van der Waals surface area contributed by atoms with Crippen LogP contribution in [0.1, 0.15) is 79.1 Å². The molecule has 0 aromatic rings. The maximum absolute atomic E-state index is 10.8. The number of hydrogen-bond acceptors (Lipinski definition) is 12. The topological polar surface area (TPSA) is 86.7 Å². The first-order valence-electron chi connectivity index (χ1n) is 10.6. The van der Waals surface area contributed by atoms with Crippen molar-refractivity contribution in [2.24, 2.45) is 0 Å². The van der Waals surface area contributed by atoms with Gasteiger partial charge in [-0.15, -0.1) is 0 Å². The summed E-state index contributed by atoms with van der Waals surface area (Å²) in [6.45, 7) is 8.49. The van der Waals surface area contributed by atoms with Gasteiger partial charge in [-0.25, -0.2) is 7.42 Å². The second-order valence-corrected chi connectivity index (χ2v) is 15.8. The van der Waals surface area contributed by atoms with Crippen molar-refractivity contribution in [3.63, 3.8) is 0 Å². The Labute approximate surface area is 245 Å². The van der Waals surface area contributed by atoms with Crippen molar-refractivity contribution in [3.05, 3.63) is 0 Å². The molecule has 0 radical (unpaired) electrons. The van der Waals surface area contributed by atoms with Gasteiger partial charge in [-0.2, -0.15) is 0 Å². The summed E-state index contributed by atoms with van der Waals surface area (Å²) < 4.78 is 2.45. The first-order chi connectivity index (χ1) is 15.4. The smallest absolute Gasteiger partial charge is 0.529 e. The van der Waals surface area contributed by atoms with Gasteiger partial charge in [0, 0.05) is 66.9 Å². The molecule has 0 unspecified atom stereocenters. The summed E-state index contributed by atoms with van der Waals surface area (Å²) in [6.07, 6.45) is 6.77. The van der Waals surface area contributed by atoms with E-state index in [-0.39, 0.29) is 19.5 Å². The molecule has 0 N–H and O–H groups in total. The normalized spacial score (nSPS) is 10.1. The molecule has 0 saturated heterocycles. The Morgan fingerprint density at radius 3 is 0.909 bits per heavy atom. The molecule has 0 bridgehead atoms. The monoisotopic (exact) mass is 664 g/mol. The molecule has 0 rings (SSSR count). The fourth-order valence-corrected chi connectivity index (χ4v) is 11.6. The second-order valence-electron chi connectivity index (χ2n) is 6.05. The summed E-state index contributed by atoms with van der Waals surface area (Å²) in [5.74, 6) is 3.91. The van der Waals surface area contributed by atoms with E-state index in [1.165, 1.54) is 51.3 Å². The summed E-state index contributed by atoms with van der Waals surface area (Å²) in [5, 5.41) is 21.5. The van der Waals surface area contributed by atoms with Crippen LogP contribution in [-0.2, 0) is 19.5 Å². The molecule has 0 spiro atoms. The Morgan fingerprint density at radius 2 is 0.758 bits per heavy atom. The number of unbranched alkanes of at least 4 members (excludes halogenated alkanes) is 4. The van der Waals surface area contributed by atoms with Crippen LogP contribution in [0.3, 0.4) is 0 Å². The van der Waals surface area contributed by atoms with Gasteiger partial charge in [0.1, 0.15) is 0 Å². The molecule has 0 aliphatic heterocycles. The van der Waals surface area contributed by atoms with Crippen molar-refractivity contribution in [2.75, 3.05) is 23.0 Å². The van der Waals surface area contributed by atoms with E-state index in [0.29, 0.717) is 0 Å². The molecule has 192 valence electrons. The third kappa shape index (κ3) is 30.1. The third-order valence-corrected chi connectivity index (χ3v) is 13.6. The average Bonchev–Trinajstić information content (AvgIpc) is 2.77. The molecule has 0 atom stereocenters. The van der Waals surface area contributed by atoms with Gasteiger partial charge in [0.25, 0.3) is 0 Å². The van der Waals surface area contributed by atoms with E-state index in [9.17, 15) is 19.8 Å². The molecule has 6 nitrogen and oxygen atoms in total. The molecule has 33 heavy (non-hydrogen) atoms. The van der Waals surface area contributed by atoms with Gasteiger partial charge in [0.05, 0.1) is 0 Å². The molecule has 15 heteroatoms. The van der Waals surface area contributed by atoms with Gasteiger partial charge < -0.3 is 19.8 Å². The van der Waals surface area contributed by atoms with Gasteiger partial charge in [0.15, 0.2) is 12.2 Å². The Kier molecular flexibility index (Phi) is 38.3. The number of hydrogen-bond donors (Lipinski definition) is 0. The number of carboxylic acid groups (broad SMARTS) is 2. The van der Waals surface area contributed by atoms with Crippen LogP contribution in [0.2, 0.25) is 0 Å². The van der Waals surface area contributed by atoms with Gasteiger partial charge in [-0.1, -0.05) is 96.6 Å². The van der Waals surface area contributed by atoms with Crippen LogP contribution in [0.15, 0.2) is 0 Å². The minimum Gasteiger partial charge on any atom is -0.529 e. The predicted molar refractivity (Wildman–Crippen MR) is 154 cm³/mol. The number of carbonyl (C=O) groups excluding carboxylic acids is 2. The van der Waals surface area contributed by atoms with Gasteiger partial charge in [-0.3, -0.25) is 0 Å². The van der Waals surface area contributed by atoms with Gasteiger partial charge in [-0.05, 0) is 25.7 Å². The fraction of sp³-hybridized carbons (Fsp3) is 0.889. The molecule has 2 amide bonds. The first kappa shape index (κ1) is 39.5. The Morgan fingerprint density at radius 1 is 0.545 bits per heavy atom. The van der Waals surface area contributed by atoms with Crippen molar-refractivity contribution < 1.29 is 39.3 Å². The molecule has 0 heterocycles. The van der Waals surface area contributed by atoms with E-state index in [2.05, 4.69) is 27.7 Å².